The Bertz CT molecular complexity index is 715. The number of hydrogen-bond acceptors (Lipinski definition) is 4. The fourth-order valence-electron chi connectivity index (χ4n) is 3.85. The zero-order valence-corrected chi connectivity index (χ0v) is 12.7. The van der Waals surface area contributed by atoms with E-state index in [1.54, 1.807) is 4.90 Å². The molecule has 0 bridgehead atoms. The first kappa shape index (κ1) is 14.4. The number of fused-ring (bicyclic) bond motifs is 1. The Hall–Kier alpha value is -2.21. The standard InChI is InChI=1S/C17H19N3O3/c18-7-9-6-12(9)10-2-1-3-11-13(10)8-20(17(11)23)14-4-5-15(21)19-16(14)22/h1-3,9,12,14H,4-8,18H2,(H,19,21,22)/t9-,12?,14?/m1/s1. The van der Waals surface area contributed by atoms with Gasteiger partial charge in [0.05, 0.1) is 0 Å². The number of rotatable bonds is 3. The summed E-state index contributed by atoms with van der Waals surface area (Å²) >= 11 is 0. The molecule has 0 radical (unpaired) electrons. The summed E-state index contributed by atoms with van der Waals surface area (Å²) in [6.45, 7) is 1.11. The fourth-order valence-corrected chi connectivity index (χ4v) is 3.85. The van der Waals surface area contributed by atoms with Crippen molar-refractivity contribution in [2.45, 2.75) is 37.8 Å². The van der Waals surface area contributed by atoms with Crippen molar-refractivity contribution < 1.29 is 14.4 Å². The van der Waals surface area contributed by atoms with Gasteiger partial charge in [0.2, 0.25) is 11.8 Å². The zero-order chi connectivity index (χ0) is 16.1. The average Bonchev–Trinajstić information content (AvgIpc) is 3.25. The smallest absolute Gasteiger partial charge is 0.255 e. The first-order chi connectivity index (χ1) is 11.1. The summed E-state index contributed by atoms with van der Waals surface area (Å²) in [6.07, 6.45) is 1.75. The molecule has 23 heavy (non-hydrogen) atoms. The van der Waals surface area contributed by atoms with Gasteiger partial charge in [0.15, 0.2) is 0 Å². The lowest BCUT2D eigenvalue weighted by atomic mass is 9.98. The van der Waals surface area contributed by atoms with Crippen molar-refractivity contribution in [2.75, 3.05) is 6.54 Å². The summed E-state index contributed by atoms with van der Waals surface area (Å²) in [7, 11) is 0. The Balaban J connectivity index is 1.62. The lowest BCUT2D eigenvalue weighted by molar-refractivity contribution is -0.136. The minimum Gasteiger partial charge on any atom is -0.330 e. The van der Waals surface area contributed by atoms with Gasteiger partial charge in [-0.1, -0.05) is 12.1 Å². The molecular weight excluding hydrogens is 294 g/mol. The third-order valence-corrected chi connectivity index (χ3v) is 5.24. The van der Waals surface area contributed by atoms with Crippen LogP contribution in [0.3, 0.4) is 0 Å². The highest BCUT2D eigenvalue weighted by molar-refractivity contribution is 6.05. The van der Waals surface area contributed by atoms with Crippen molar-refractivity contribution in [2.24, 2.45) is 11.7 Å². The van der Waals surface area contributed by atoms with Gasteiger partial charge in [-0.2, -0.15) is 0 Å². The summed E-state index contributed by atoms with van der Waals surface area (Å²) in [5, 5.41) is 2.33. The highest BCUT2D eigenvalue weighted by atomic mass is 16.2. The summed E-state index contributed by atoms with van der Waals surface area (Å²) in [5.74, 6) is 0.196. The lowest BCUT2D eigenvalue weighted by Gasteiger charge is -2.29. The monoisotopic (exact) mass is 313 g/mol. The number of nitrogens with zero attached hydrogens (tertiary/aromatic N) is 1. The van der Waals surface area contributed by atoms with Crippen LogP contribution in [0.2, 0.25) is 0 Å². The van der Waals surface area contributed by atoms with Crippen LogP contribution in [0, 0.1) is 5.92 Å². The molecule has 0 spiro atoms. The van der Waals surface area contributed by atoms with E-state index in [2.05, 4.69) is 11.4 Å². The van der Waals surface area contributed by atoms with Crippen LogP contribution in [0.15, 0.2) is 18.2 Å². The van der Waals surface area contributed by atoms with E-state index in [4.69, 9.17) is 5.73 Å². The van der Waals surface area contributed by atoms with Crippen LogP contribution >= 0.6 is 0 Å². The van der Waals surface area contributed by atoms with Gasteiger partial charge in [0.25, 0.3) is 5.91 Å². The van der Waals surface area contributed by atoms with Crippen LogP contribution in [0.1, 0.15) is 46.7 Å². The highest BCUT2D eigenvalue weighted by Gasteiger charge is 2.43. The quantitative estimate of drug-likeness (QED) is 0.795. The largest absolute Gasteiger partial charge is 0.330 e. The molecule has 2 fully saturated rings. The molecule has 1 saturated carbocycles. The van der Waals surface area contributed by atoms with E-state index >= 15 is 0 Å². The molecule has 2 unspecified atom stereocenters. The molecule has 0 aromatic heterocycles. The first-order valence-electron chi connectivity index (χ1n) is 8.06. The number of benzene rings is 1. The van der Waals surface area contributed by atoms with Gasteiger partial charge < -0.3 is 10.6 Å². The van der Waals surface area contributed by atoms with E-state index in [1.807, 2.05) is 12.1 Å². The second-order valence-electron chi connectivity index (χ2n) is 6.61. The third kappa shape index (κ3) is 2.25. The Morgan fingerprint density at radius 1 is 1.26 bits per heavy atom. The molecule has 1 aromatic rings. The summed E-state index contributed by atoms with van der Waals surface area (Å²) in [5.41, 5.74) is 8.66. The van der Waals surface area contributed by atoms with E-state index in [0.717, 1.165) is 12.0 Å². The van der Waals surface area contributed by atoms with Crippen LogP contribution < -0.4 is 11.1 Å². The van der Waals surface area contributed by atoms with Crippen molar-refractivity contribution in [3.63, 3.8) is 0 Å². The Labute approximate surface area is 134 Å². The Morgan fingerprint density at radius 2 is 2.09 bits per heavy atom. The van der Waals surface area contributed by atoms with E-state index in [1.165, 1.54) is 5.56 Å². The molecule has 120 valence electrons. The maximum atomic E-state index is 12.7. The second-order valence-corrected chi connectivity index (χ2v) is 6.61. The van der Waals surface area contributed by atoms with Crippen LogP contribution in [-0.2, 0) is 16.1 Å². The molecule has 2 aliphatic heterocycles. The van der Waals surface area contributed by atoms with Crippen LogP contribution in [0.4, 0.5) is 0 Å². The number of piperidine rings is 1. The van der Waals surface area contributed by atoms with Crippen LogP contribution in [0.25, 0.3) is 0 Å². The number of nitrogens with one attached hydrogen (secondary N) is 1. The second kappa shape index (κ2) is 5.16. The summed E-state index contributed by atoms with van der Waals surface area (Å²) in [6, 6.07) is 5.25. The molecular formula is C17H19N3O3. The predicted octanol–water partition coefficient (Wildman–Crippen LogP) is 0.510. The predicted molar refractivity (Wildman–Crippen MR) is 82.4 cm³/mol. The summed E-state index contributed by atoms with van der Waals surface area (Å²) in [4.78, 5) is 37.7. The van der Waals surface area contributed by atoms with Crippen molar-refractivity contribution >= 4 is 17.7 Å². The number of nitrogens with two attached hydrogens (primary N) is 1. The van der Waals surface area contributed by atoms with E-state index in [9.17, 15) is 14.4 Å². The minimum atomic E-state index is -0.551. The number of hydrogen-bond donors (Lipinski definition) is 2. The molecule has 3 N–H and O–H groups in total. The van der Waals surface area contributed by atoms with Gasteiger partial charge in [-0.25, -0.2) is 0 Å². The van der Waals surface area contributed by atoms with Gasteiger partial charge >= 0.3 is 0 Å². The fraction of sp³-hybridized carbons (Fsp3) is 0.471. The molecule has 2 heterocycles. The molecule has 1 saturated heterocycles. The number of amides is 3. The van der Waals surface area contributed by atoms with Gasteiger partial charge in [-0.05, 0) is 48.4 Å². The summed E-state index contributed by atoms with van der Waals surface area (Å²) < 4.78 is 0. The third-order valence-electron chi connectivity index (χ3n) is 5.24. The maximum Gasteiger partial charge on any atom is 0.255 e. The number of carbonyl (C=O) groups is 3. The van der Waals surface area contributed by atoms with Crippen molar-refractivity contribution in [3.05, 3.63) is 34.9 Å². The van der Waals surface area contributed by atoms with E-state index in [-0.39, 0.29) is 24.1 Å². The molecule has 4 rings (SSSR count). The first-order valence-corrected chi connectivity index (χ1v) is 8.06. The molecule has 6 heteroatoms. The van der Waals surface area contributed by atoms with Gasteiger partial charge in [-0.15, -0.1) is 0 Å². The van der Waals surface area contributed by atoms with Gasteiger partial charge in [0.1, 0.15) is 6.04 Å². The Kier molecular flexibility index (Phi) is 3.23. The van der Waals surface area contributed by atoms with Crippen molar-refractivity contribution in [3.8, 4) is 0 Å². The number of carbonyl (C=O) groups excluding carboxylic acids is 3. The normalized spacial score (nSPS) is 29.5. The van der Waals surface area contributed by atoms with Crippen molar-refractivity contribution in [1.29, 1.82) is 0 Å². The lowest BCUT2D eigenvalue weighted by Crippen LogP contribution is -2.52. The van der Waals surface area contributed by atoms with Crippen LogP contribution in [0.5, 0.6) is 0 Å². The molecule has 3 atom stereocenters. The molecule has 3 amide bonds. The average molecular weight is 313 g/mol. The Morgan fingerprint density at radius 3 is 2.78 bits per heavy atom. The molecule has 3 aliphatic rings. The minimum absolute atomic E-state index is 0.110. The van der Waals surface area contributed by atoms with E-state index < -0.39 is 6.04 Å². The van der Waals surface area contributed by atoms with Gasteiger partial charge in [0, 0.05) is 18.5 Å². The topological polar surface area (TPSA) is 92.5 Å². The number of imide groups is 1. The molecule has 1 aromatic carbocycles. The molecule has 1 aliphatic carbocycles. The van der Waals surface area contributed by atoms with E-state index in [0.29, 0.717) is 36.9 Å². The highest BCUT2D eigenvalue weighted by Crippen LogP contribution is 2.49. The molecule has 6 nitrogen and oxygen atoms in total. The SMILES string of the molecule is NC[C@H]1CC1c1cccc2c1CN(C1CCC(=O)NC1=O)C2=O. The van der Waals surface area contributed by atoms with Crippen LogP contribution in [-0.4, -0.2) is 35.2 Å². The zero-order valence-electron chi connectivity index (χ0n) is 12.7. The van der Waals surface area contributed by atoms with Gasteiger partial charge in [-0.3, -0.25) is 19.7 Å². The maximum absolute atomic E-state index is 12.7. The van der Waals surface area contributed by atoms with Crippen molar-refractivity contribution in [1.82, 2.24) is 10.2 Å².